The zero-order chi connectivity index (χ0) is 10.4. The van der Waals surface area contributed by atoms with E-state index in [1.807, 2.05) is 0 Å². The van der Waals surface area contributed by atoms with Crippen LogP contribution in [0.3, 0.4) is 0 Å². The largest absolute Gasteiger partial charge is 0.311 e. The summed E-state index contributed by atoms with van der Waals surface area (Å²) in [6.45, 7) is 5.43. The van der Waals surface area contributed by atoms with Crippen molar-refractivity contribution in [3.8, 4) is 0 Å². The molecular weight excluding hydrogens is 258 g/mol. The van der Waals surface area contributed by atoms with Crippen LogP contribution in [0, 0.1) is 0 Å². The quantitative estimate of drug-likeness (QED) is 0.858. The summed E-state index contributed by atoms with van der Waals surface area (Å²) < 4.78 is 1.18. The molecule has 0 amide bonds. The smallest absolute Gasteiger partial charge is 0.0409 e. The highest BCUT2D eigenvalue weighted by Crippen LogP contribution is 2.23. The highest BCUT2D eigenvalue weighted by atomic mass is 79.9. The van der Waals surface area contributed by atoms with Gasteiger partial charge in [0.2, 0.25) is 0 Å². The maximum atomic E-state index is 3.51. The molecular formula is C11H16BrNS. The summed E-state index contributed by atoms with van der Waals surface area (Å²) in [4.78, 5) is 1.29. The van der Waals surface area contributed by atoms with E-state index in [1.54, 1.807) is 11.3 Å². The maximum absolute atomic E-state index is 3.51. The van der Waals surface area contributed by atoms with Crippen LogP contribution in [0.2, 0.25) is 0 Å². The molecule has 1 N–H and O–H groups in total. The molecule has 0 spiro atoms. The van der Waals surface area contributed by atoms with Gasteiger partial charge in [0, 0.05) is 15.4 Å². The van der Waals surface area contributed by atoms with Gasteiger partial charge in [0.25, 0.3) is 0 Å². The van der Waals surface area contributed by atoms with Gasteiger partial charge < -0.3 is 5.32 Å². The van der Waals surface area contributed by atoms with E-state index in [1.165, 1.54) is 15.8 Å². The summed E-state index contributed by atoms with van der Waals surface area (Å²) in [5, 5.41) is 5.51. The fourth-order valence-corrected chi connectivity index (χ4v) is 2.50. The molecule has 0 aromatic carbocycles. The minimum Gasteiger partial charge on any atom is -0.311 e. The van der Waals surface area contributed by atoms with E-state index >= 15 is 0 Å². The lowest BCUT2D eigenvalue weighted by molar-refractivity contribution is 0.625. The Morgan fingerprint density at radius 2 is 2.43 bits per heavy atom. The minimum absolute atomic E-state index is 0.448. The highest BCUT2D eigenvalue weighted by Gasteiger charge is 1.97. The molecule has 14 heavy (non-hydrogen) atoms. The van der Waals surface area contributed by atoms with E-state index in [-0.39, 0.29) is 0 Å². The standard InChI is InChI=1S/C11H16BrNS/c1-3-7-13-9(2)4-5-11-10(12)6-8-14-11/h4-6,8-9,13H,3,7H2,1-2H3/b5-4+. The summed E-state index contributed by atoms with van der Waals surface area (Å²) in [6, 6.07) is 2.53. The van der Waals surface area contributed by atoms with Crippen LogP contribution in [0.5, 0.6) is 0 Å². The van der Waals surface area contributed by atoms with Crippen LogP contribution in [0.4, 0.5) is 0 Å². The van der Waals surface area contributed by atoms with Crippen molar-refractivity contribution in [2.24, 2.45) is 0 Å². The van der Waals surface area contributed by atoms with Gasteiger partial charge in [-0.05, 0) is 53.3 Å². The summed E-state index contributed by atoms with van der Waals surface area (Å²) in [6.07, 6.45) is 5.55. The Kier molecular flexibility index (Phi) is 5.45. The van der Waals surface area contributed by atoms with E-state index in [4.69, 9.17) is 0 Å². The normalized spacial score (nSPS) is 13.6. The molecule has 0 bridgehead atoms. The molecule has 0 saturated heterocycles. The van der Waals surface area contributed by atoms with Crippen molar-refractivity contribution in [3.05, 3.63) is 26.9 Å². The van der Waals surface area contributed by atoms with Crippen LogP contribution in [0.25, 0.3) is 6.08 Å². The zero-order valence-corrected chi connectivity index (χ0v) is 11.0. The Bertz CT molecular complexity index is 293. The van der Waals surface area contributed by atoms with Crippen molar-refractivity contribution in [3.63, 3.8) is 0 Å². The molecule has 0 radical (unpaired) electrons. The van der Waals surface area contributed by atoms with Gasteiger partial charge in [-0.25, -0.2) is 0 Å². The molecule has 0 fully saturated rings. The van der Waals surface area contributed by atoms with E-state index in [9.17, 15) is 0 Å². The molecule has 1 rings (SSSR count). The van der Waals surface area contributed by atoms with Gasteiger partial charge in [-0.1, -0.05) is 13.0 Å². The van der Waals surface area contributed by atoms with Crippen molar-refractivity contribution < 1.29 is 0 Å². The molecule has 78 valence electrons. The molecule has 0 aliphatic carbocycles. The third-order valence-electron chi connectivity index (χ3n) is 1.90. The van der Waals surface area contributed by atoms with E-state index < -0.39 is 0 Å². The SMILES string of the molecule is CCCNC(C)/C=C/c1sccc1Br. The molecule has 1 nitrogen and oxygen atoms in total. The fourth-order valence-electron chi connectivity index (χ4n) is 1.10. The monoisotopic (exact) mass is 273 g/mol. The number of rotatable bonds is 5. The average molecular weight is 274 g/mol. The molecule has 1 atom stereocenters. The number of thiophene rings is 1. The van der Waals surface area contributed by atoms with Gasteiger partial charge in [0.1, 0.15) is 0 Å². The van der Waals surface area contributed by atoms with Gasteiger partial charge in [0.15, 0.2) is 0 Å². The van der Waals surface area contributed by atoms with Gasteiger partial charge in [-0.15, -0.1) is 11.3 Å². The molecule has 0 aliphatic heterocycles. The second kappa shape index (κ2) is 6.38. The van der Waals surface area contributed by atoms with Crippen molar-refractivity contribution >= 4 is 33.3 Å². The van der Waals surface area contributed by atoms with Crippen LogP contribution in [0.1, 0.15) is 25.1 Å². The maximum Gasteiger partial charge on any atom is 0.0409 e. The predicted octanol–water partition coefficient (Wildman–Crippen LogP) is 3.91. The number of nitrogens with one attached hydrogen (secondary N) is 1. The molecule has 1 aromatic heterocycles. The summed E-state index contributed by atoms with van der Waals surface area (Å²) in [5.74, 6) is 0. The fraction of sp³-hybridized carbons (Fsp3) is 0.455. The molecule has 0 saturated carbocycles. The lowest BCUT2D eigenvalue weighted by atomic mass is 10.3. The third-order valence-corrected chi connectivity index (χ3v) is 3.73. The summed E-state index contributed by atoms with van der Waals surface area (Å²) in [5.41, 5.74) is 0. The second-order valence-electron chi connectivity index (χ2n) is 3.23. The van der Waals surface area contributed by atoms with Crippen LogP contribution in [-0.2, 0) is 0 Å². The summed E-state index contributed by atoms with van der Waals surface area (Å²) >= 11 is 5.26. The van der Waals surface area contributed by atoms with Crippen molar-refractivity contribution in [2.75, 3.05) is 6.54 Å². The molecule has 1 aromatic rings. The Morgan fingerprint density at radius 1 is 1.64 bits per heavy atom. The van der Waals surface area contributed by atoms with E-state index in [2.05, 4.69) is 58.7 Å². The van der Waals surface area contributed by atoms with Gasteiger partial charge in [-0.3, -0.25) is 0 Å². The summed E-state index contributed by atoms with van der Waals surface area (Å²) in [7, 11) is 0. The molecule has 0 aliphatic rings. The zero-order valence-electron chi connectivity index (χ0n) is 8.59. The van der Waals surface area contributed by atoms with E-state index in [0.717, 1.165) is 6.54 Å². The topological polar surface area (TPSA) is 12.0 Å². The van der Waals surface area contributed by atoms with E-state index in [0.29, 0.717) is 6.04 Å². The Morgan fingerprint density at radius 3 is 3.00 bits per heavy atom. The number of hydrogen-bond acceptors (Lipinski definition) is 2. The number of hydrogen-bond donors (Lipinski definition) is 1. The van der Waals surface area contributed by atoms with Gasteiger partial charge in [-0.2, -0.15) is 0 Å². The van der Waals surface area contributed by atoms with Crippen LogP contribution in [-0.4, -0.2) is 12.6 Å². The Hall–Kier alpha value is -0.120. The lowest BCUT2D eigenvalue weighted by Gasteiger charge is -2.06. The van der Waals surface area contributed by atoms with Crippen LogP contribution < -0.4 is 5.32 Å². The second-order valence-corrected chi connectivity index (χ2v) is 5.04. The third kappa shape index (κ3) is 3.95. The molecule has 1 unspecified atom stereocenters. The number of halogens is 1. The average Bonchev–Trinajstić information content (AvgIpc) is 2.58. The first-order valence-corrected chi connectivity index (χ1v) is 6.56. The van der Waals surface area contributed by atoms with Gasteiger partial charge in [0.05, 0.1) is 0 Å². The molecule has 3 heteroatoms. The van der Waals surface area contributed by atoms with Crippen LogP contribution >= 0.6 is 27.3 Å². The Balaban J connectivity index is 2.43. The highest BCUT2D eigenvalue weighted by molar-refractivity contribution is 9.10. The lowest BCUT2D eigenvalue weighted by Crippen LogP contribution is -2.24. The minimum atomic E-state index is 0.448. The van der Waals surface area contributed by atoms with Crippen molar-refractivity contribution in [2.45, 2.75) is 26.3 Å². The Labute approximate surface area is 98.4 Å². The first-order chi connectivity index (χ1) is 6.74. The first kappa shape index (κ1) is 12.0. The van der Waals surface area contributed by atoms with Crippen molar-refractivity contribution in [1.29, 1.82) is 0 Å². The molecule has 1 heterocycles. The first-order valence-electron chi connectivity index (χ1n) is 4.88. The predicted molar refractivity (Wildman–Crippen MR) is 68.8 cm³/mol. The van der Waals surface area contributed by atoms with Crippen LogP contribution in [0.15, 0.2) is 22.0 Å². The van der Waals surface area contributed by atoms with Gasteiger partial charge >= 0.3 is 0 Å². The van der Waals surface area contributed by atoms with Crippen molar-refractivity contribution in [1.82, 2.24) is 5.32 Å².